The van der Waals surface area contributed by atoms with Crippen LogP contribution in [0.5, 0.6) is 0 Å². The zero-order valence-corrected chi connectivity index (χ0v) is 40.8. The summed E-state index contributed by atoms with van der Waals surface area (Å²) in [6.45, 7) is 13.4. The Morgan fingerprint density at radius 3 is 1.51 bits per heavy atom. The summed E-state index contributed by atoms with van der Waals surface area (Å²) in [5.41, 5.74) is 10.1. The molecule has 18 heteroatoms. The first-order chi connectivity index (χ1) is 34.2. The maximum Gasteiger partial charge on any atom is 0.413 e. The molecule has 4 saturated heterocycles. The fraction of sp³-hybridized carbons (Fsp3) is 0.509. The van der Waals surface area contributed by atoms with Crippen molar-refractivity contribution in [3.63, 3.8) is 0 Å². The molecule has 73 heavy (non-hydrogen) atoms. The Morgan fingerprint density at radius 1 is 0.630 bits per heavy atom. The lowest BCUT2D eigenvalue weighted by Crippen LogP contribution is -2.45. The minimum Gasteiger partial charge on any atom is -0.444 e. The maximum atomic E-state index is 13.5. The predicted octanol–water partition coefficient (Wildman–Crippen LogP) is 10.2. The van der Waals surface area contributed by atoms with Gasteiger partial charge in [-0.25, -0.2) is 23.5 Å². The van der Waals surface area contributed by atoms with Gasteiger partial charge in [0.1, 0.15) is 28.9 Å². The van der Waals surface area contributed by atoms with Crippen molar-refractivity contribution in [3.05, 3.63) is 107 Å². The van der Waals surface area contributed by atoms with Crippen LogP contribution in [-0.4, -0.2) is 116 Å². The molecule has 0 aliphatic carbocycles. The van der Waals surface area contributed by atoms with Gasteiger partial charge in [0.25, 0.3) is 0 Å². The van der Waals surface area contributed by atoms with E-state index in [1.807, 2.05) is 54.8 Å². The van der Waals surface area contributed by atoms with Crippen LogP contribution in [0.15, 0.2) is 82.1 Å². The van der Waals surface area contributed by atoms with E-state index in [1.54, 1.807) is 24.5 Å². The number of nitrogens with two attached hydrogens (primary N) is 1. The van der Waals surface area contributed by atoms with E-state index >= 15 is 0 Å². The zero-order valence-electron chi connectivity index (χ0n) is 40.8. The number of hydrogen-bond donors (Lipinski definition) is 2. The van der Waals surface area contributed by atoms with Gasteiger partial charge in [-0.15, -0.1) is 0 Å². The van der Waals surface area contributed by atoms with Crippen molar-refractivity contribution < 1.29 is 36.9 Å². The Balaban J connectivity index is 0.000000212. The lowest BCUT2D eigenvalue weighted by molar-refractivity contribution is -0.139. The van der Waals surface area contributed by atoms with Crippen molar-refractivity contribution in [3.8, 4) is 0 Å². The Morgan fingerprint density at radius 2 is 1.07 bits per heavy atom. The van der Waals surface area contributed by atoms with Crippen molar-refractivity contribution in [2.45, 2.75) is 118 Å². The van der Waals surface area contributed by atoms with Gasteiger partial charge in [0.2, 0.25) is 11.8 Å². The molecule has 16 nitrogen and oxygen atoms in total. The van der Waals surface area contributed by atoms with Gasteiger partial charge in [-0.1, -0.05) is 25.2 Å². The molecule has 4 fully saturated rings. The average Bonchev–Trinajstić information content (AvgIpc) is 3.98. The largest absolute Gasteiger partial charge is 0.444 e. The molecular formula is C55H72F2N10O6. The molecule has 8 heterocycles. The maximum absolute atomic E-state index is 13.5. The van der Waals surface area contributed by atoms with E-state index in [4.69, 9.17) is 19.5 Å². The number of nitrogens with one attached hydrogen (secondary N) is 1. The van der Waals surface area contributed by atoms with E-state index in [0.29, 0.717) is 35.9 Å². The third-order valence-corrected chi connectivity index (χ3v) is 14.3. The molecule has 4 aromatic heterocycles. The molecule has 0 radical (unpaired) electrons. The number of rotatable bonds is 9. The van der Waals surface area contributed by atoms with Crippen LogP contribution >= 0.6 is 0 Å². The predicted molar refractivity (Wildman–Crippen MR) is 277 cm³/mol. The molecule has 0 saturated carbocycles. The molecule has 0 atom stereocenters. The highest BCUT2D eigenvalue weighted by molar-refractivity contribution is 5.84. The highest BCUT2D eigenvalue weighted by Gasteiger charge is 2.34. The lowest BCUT2D eigenvalue weighted by Gasteiger charge is -2.37. The number of likely N-dealkylation sites (tertiary alicyclic amines) is 4. The highest BCUT2D eigenvalue weighted by Crippen LogP contribution is 2.36. The smallest absolute Gasteiger partial charge is 0.413 e. The molecule has 10 rings (SSSR count). The van der Waals surface area contributed by atoms with Gasteiger partial charge < -0.3 is 29.3 Å². The Hall–Kier alpha value is -6.53. The summed E-state index contributed by atoms with van der Waals surface area (Å²) in [7, 11) is 0. The zero-order chi connectivity index (χ0) is 49.6. The minimum absolute atomic E-state index is 0. The van der Waals surface area contributed by atoms with Gasteiger partial charge in [-0.05, 0) is 158 Å². The number of carbonyl (C=O) groups excluding carboxylic acids is 3. The number of nitrogens with zero attached hydrogens (tertiary/aromatic N) is 8. The number of halogens is 2. The Kier molecular flexibility index (Phi) is 17.8. The standard InChI is InChI=1S/C29H36FN5O4.C24H28FN5O2.2CH4/c1-29(2,3)38-28(37)32-25-16-19(6-11-31-25)18-34-12-7-21(8-13-34)27(36)35-14-9-20(10-15-35)26-23-5-4-22(30)17-24(23)39-33-26;25-19-1-2-20-21(14-19)32-28-23(20)17-6-11-30(12-7-17)24(31)18-4-9-29(10-5-18)15-16-3-8-27-22(26)13-16;;/h4-6,11,16-17,20-21H,7-10,12-15,18H2,1-3H3,(H,31,32,37);1-3,8,13-14,17-18H,4-7,9-12,15H2,(H2,26,27);2*1H4. The number of anilines is 2. The third-order valence-electron chi connectivity index (χ3n) is 14.3. The van der Waals surface area contributed by atoms with Crippen LogP contribution in [0.1, 0.15) is 121 Å². The first-order valence-electron chi connectivity index (χ1n) is 25.0. The lowest BCUT2D eigenvalue weighted by atomic mass is 9.89. The molecular weight excluding hydrogens is 935 g/mol. The van der Waals surface area contributed by atoms with E-state index < -0.39 is 11.7 Å². The monoisotopic (exact) mass is 1010 g/mol. The average molecular weight is 1010 g/mol. The SMILES string of the molecule is C.C.CC(C)(C)OC(=O)Nc1cc(CN2CCC(C(=O)N3CCC(c4noc5cc(F)ccc45)CC3)CC2)ccn1.Nc1cc(CN2CCC(C(=O)N3CCC(c4noc5cc(F)ccc45)CC3)CC2)ccn1. The van der Waals surface area contributed by atoms with Crippen molar-refractivity contribution in [1.82, 2.24) is 39.9 Å². The van der Waals surface area contributed by atoms with Crippen LogP contribution in [-0.2, 0) is 27.4 Å². The molecule has 0 spiro atoms. The number of hydrogen-bond acceptors (Lipinski definition) is 13. The van der Waals surface area contributed by atoms with E-state index in [2.05, 4.69) is 35.4 Å². The molecule has 0 unspecified atom stereocenters. The summed E-state index contributed by atoms with van der Waals surface area (Å²) in [5, 5.41) is 12.8. The number of piperidine rings is 4. The molecule has 4 aliphatic heterocycles. The second kappa shape index (κ2) is 24.0. The number of carbonyl (C=O) groups is 3. The molecule has 3 N–H and O–H groups in total. The third kappa shape index (κ3) is 13.8. The second-order valence-corrected chi connectivity index (χ2v) is 20.5. The first-order valence-corrected chi connectivity index (χ1v) is 25.0. The van der Waals surface area contributed by atoms with Gasteiger partial charge in [0.05, 0.1) is 11.4 Å². The van der Waals surface area contributed by atoms with Crippen LogP contribution in [0.4, 0.5) is 25.2 Å². The van der Waals surface area contributed by atoms with Crippen LogP contribution in [0, 0.1) is 23.5 Å². The molecule has 3 amide bonds. The van der Waals surface area contributed by atoms with Gasteiger partial charge in [-0.3, -0.25) is 24.7 Å². The molecule has 6 aromatic rings. The number of nitrogen functional groups attached to an aromatic ring is 1. The van der Waals surface area contributed by atoms with Crippen molar-refractivity contribution in [1.29, 1.82) is 0 Å². The van der Waals surface area contributed by atoms with Crippen LogP contribution in [0.3, 0.4) is 0 Å². The van der Waals surface area contributed by atoms with Crippen molar-refractivity contribution in [2.75, 3.05) is 63.4 Å². The molecule has 392 valence electrons. The minimum atomic E-state index is -0.576. The van der Waals surface area contributed by atoms with Crippen LogP contribution in [0.2, 0.25) is 0 Å². The Bertz CT molecular complexity index is 2800. The van der Waals surface area contributed by atoms with Crippen LogP contribution < -0.4 is 11.1 Å². The van der Waals surface area contributed by atoms with E-state index in [-0.39, 0.29) is 62.0 Å². The number of fused-ring (bicyclic) bond motifs is 2. The number of amides is 3. The number of ether oxygens (including phenoxy) is 1. The van der Waals surface area contributed by atoms with E-state index in [0.717, 1.165) is 137 Å². The summed E-state index contributed by atoms with van der Waals surface area (Å²) in [6.07, 6.45) is 9.68. The number of aromatic nitrogens is 4. The molecule has 0 bridgehead atoms. The normalized spacial score (nSPS) is 17.9. The summed E-state index contributed by atoms with van der Waals surface area (Å²) in [4.78, 5) is 55.4. The fourth-order valence-corrected chi connectivity index (χ4v) is 10.5. The summed E-state index contributed by atoms with van der Waals surface area (Å²) in [6, 6.07) is 16.8. The number of benzene rings is 2. The summed E-state index contributed by atoms with van der Waals surface area (Å²) < 4.78 is 42.9. The van der Waals surface area contributed by atoms with Crippen LogP contribution in [0.25, 0.3) is 21.9 Å². The van der Waals surface area contributed by atoms with Crippen molar-refractivity contribution in [2.24, 2.45) is 11.8 Å². The molecule has 4 aliphatic rings. The van der Waals surface area contributed by atoms with Crippen molar-refractivity contribution >= 4 is 51.5 Å². The van der Waals surface area contributed by atoms with E-state index in [9.17, 15) is 23.2 Å². The first kappa shape index (κ1) is 54.2. The highest BCUT2D eigenvalue weighted by atomic mass is 19.1. The fourth-order valence-electron chi connectivity index (χ4n) is 10.5. The summed E-state index contributed by atoms with van der Waals surface area (Å²) in [5.74, 6) is 1.45. The topological polar surface area (TPSA) is 189 Å². The second-order valence-electron chi connectivity index (χ2n) is 20.5. The summed E-state index contributed by atoms with van der Waals surface area (Å²) >= 11 is 0. The Labute approximate surface area is 427 Å². The van der Waals surface area contributed by atoms with Gasteiger partial charge >= 0.3 is 6.09 Å². The number of pyridine rings is 2. The van der Waals surface area contributed by atoms with E-state index in [1.165, 1.54) is 24.3 Å². The van der Waals surface area contributed by atoms with Gasteiger partial charge in [0, 0.05) is 98.2 Å². The van der Waals surface area contributed by atoms with Gasteiger partial charge in [0.15, 0.2) is 11.2 Å². The molecule has 2 aromatic carbocycles. The quantitative estimate of drug-likeness (QED) is 0.139. The van der Waals surface area contributed by atoms with Gasteiger partial charge in [-0.2, -0.15) is 0 Å².